The molecule has 1 heterocycles. The molecule has 0 aliphatic heterocycles. The van der Waals surface area contributed by atoms with Gasteiger partial charge in [0, 0.05) is 10.9 Å². The van der Waals surface area contributed by atoms with E-state index in [9.17, 15) is 9.90 Å². The largest absolute Gasteiger partial charge is 0.503 e. The van der Waals surface area contributed by atoms with Crippen molar-refractivity contribution in [3.8, 4) is 11.5 Å². The molecule has 1 aromatic heterocycles. The molecule has 27 heavy (non-hydrogen) atoms. The Kier molecular flexibility index (Phi) is 5.82. The summed E-state index contributed by atoms with van der Waals surface area (Å²) in [6.07, 6.45) is 2.03. The lowest BCUT2D eigenvalue weighted by atomic mass is 10.2. The van der Waals surface area contributed by atoms with E-state index in [4.69, 9.17) is 16.3 Å². The monoisotopic (exact) mass is 449 g/mol. The van der Waals surface area contributed by atoms with E-state index in [1.807, 2.05) is 13.0 Å². The van der Waals surface area contributed by atoms with Crippen LogP contribution in [0.3, 0.4) is 0 Å². The van der Waals surface area contributed by atoms with Gasteiger partial charge in [-0.15, -0.1) is 0 Å². The highest BCUT2D eigenvalue weighted by atomic mass is 79.9. The average Bonchev–Trinajstić information content (AvgIpc) is 2.65. The topological polar surface area (TPSA) is 76.7 Å². The van der Waals surface area contributed by atoms with Gasteiger partial charge in [-0.25, -0.2) is 4.98 Å². The minimum atomic E-state index is -0.260. The molecule has 140 valence electrons. The smallest absolute Gasteiger partial charge is 0.282 e. The molecule has 0 saturated heterocycles. The number of halogens is 2. The summed E-state index contributed by atoms with van der Waals surface area (Å²) in [5, 5.41) is 14.9. The second-order valence-corrected chi connectivity index (χ2v) is 7.01. The molecular formula is C19H17BrClN3O3. The Hall–Kier alpha value is -2.38. The highest BCUT2D eigenvalue weighted by Gasteiger charge is 2.11. The zero-order chi connectivity index (χ0) is 19.6. The lowest BCUT2D eigenvalue weighted by Gasteiger charge is -2.09. The second kappa shape index (κ2) is 8.10. The Morgan fingerprint density at radius 1 is 1.33 bits per heavy atom. The van der Waals surface area contributed by atoms with Crippen LogP contribution in [0.25, 0.3) is 10.9 Å². The van der Waals surface area contributed by atoms with Crippen molar-refractivity contribution >= 4 is 44.6 Å². The minimum absolute atomic E-state index is 0.126. The van der Waals surface area contributed by atoms with Crippen LogP contribution in [0.15, 0.2) is 44.7 Å². The number of nitrogens with zero attached hydrogens (tertiary/aromatic N) is 3. The third-order valence-corrected chi connectivity index (χ3v) is 4.65. The molecule has 8 heteroatoms. The number of fused-ring (bicyclic) bond motifs is 1. The van der Waals surface area contributed by atoms with Gasteiger partial charge in [-0.1, -0.05) is 34.5 Å². The zero-order valence-corrected chi connectivity index (χ0v) is 17.1. The summed E-state index contributed by atoms with van der Waals surface area (Å²) in [4.78, 5) is 17.4. The van der Waals surface area contributed by atoms with Gasteiger partial charge in [0.2, 0.25) is 0 Å². The van der Waals surface area contributed by atoms with Gasteiger partial charge in [0.25, 0.3) is 5.56 Å². The molecular weight excluding hydrogens is 434 g/mol. The average molecular weight is 451 g/mol. The van der Waals surface area contributed by atoms with Crippen LogP contribution in [0.5, 0.6) is 11.5 Å². The highest BCUT2D eigenvalue weighted by molar-refractivity contribution is 9.10. The van der Waals surface area contributed by atoms with Gasteiger partial charge >= 0.3 is 0 Å². The number of hydrogen-bond acceptors (Lipinski definition) is 5. The van der Waals surface area contributed by atoms with Crippen molar-refractivity contribution in [1.82, 2.24) is 9.66 Å². The zero-order valence-electron chi connectivity index (χ0n) is 14.7. The van der Waals surface area contributed by atoms with Crippen molar-refractivity contribution in [2.24, 2.45) is 5.10 Å². The van der Waals surface area contributed by atoms with Gasteiger partial charge in [0.05, 0.1) is 28.7 Å². The summed E-state index contributed by atoms with van der Waals surface area (Å²) in [6, 6.07) is 8.51. The molecule has 0 saturated carbocycles. The number of rotatable bonds is 5. The summed E-state index contributed by atoms with van der Waals surface area (Å²) in [5.74, 6) is 0.676. The first-order chi connectivity index (χ1) is 12.9. The normalized spacial score (nSPS) is 11.4. The van der Waals surface area contributed by atoms with Crippen LogP contribution in [0.2, 0.25) is 5.02 Å². The fraction of sp³-hybridized carbons (Fsp3) is 0.211. The third-order valence-electron chi connectivity index (χ3n) is 3.86. The number of benzene rings is 2. The first-order valence-electron chi connectivity index (χ1n) is 8.35. The predicted molar refractivity (Wildman–Crippen MR) is 110 cm³/mol. The molecule has 0 fully saturated rings. The Balaban J connectivity index is 2.11. The van der Waals surface area contributed by atoms with Gasteiger partial charge in [0.1, 0.15) is 5.82 Å². The summed E-state index contributed by atoms with van der Waals surface area (Å²) in [5.41, 5.74) is 0.951. The molecule has 1 N–H and O–H groups in total. The SMILES string of the molecule is CCOc1cc(C=Nn2c(CC)nc3ccc(Br)cc3c2=O)cc(Cl)c1O. The number of aromatic hydroxyl groups is 1. The van der Waals surface area contributed by atoms with Crippen LogP contribution >= 0.6 is 27.5 Å². The molecule has 0 aliphatic carbocycles. The number of hydrogen-bond donors (Lipinski definition) is 1. The van der Waals surface area contributed by atoms with Crippen LogP contribution in [-0.2, 0) is 6.42 Å². The number of ether oxygens (including phenoxy) is 1. The molecule has 0 atom stereocenters. The molecule has 0 aliphatic rings. The molecule has 0 radical (unpaired) electrons. The standard InChI is InChI=1S/C19H17BrClN3O3/c1-3-17-23-15-6-5-12(20)9-13(15)19(26)24(17)22-10-11-7-14(21)18(25)16(8-11)27-4-2/h5-10,25H,3-4H2,1-2H3. The number of aryl methyl sites for hydroxylation is 1. The number of aromatic nitrogens is 2. The van der Waals surface area contributed by atoms with E-state index in [1.165, 1.54) is 10.9 Å². The van der Waals surface area contributed by atoms with E-state index in [1.54, 1.807) is 31.2 Å². The Morgan fingerprint density at radius 3 is 2.81 bits per heavy atom. The van der Waals surface area contributed by atoms with Crippen molar-refractivity contribution in [3.63, 3.8) is 0 Å². The maximum atomic E-state index is 12.9. The third kappa shape index (κ3) is 3.99. The summed E-state index contributed by atoms with van der Waals surface area (Å²) in [7, 11) is 0. The molecule has 3 aromatic rings. The lowest BCUT2D eigenvalue weighted by Crippen LogP contribution is -2.22. The summed E-state index contributed by atoms with van der Waals surface area (Å²) >= 11 is 9.42. The quantitative estimate of drug-likeness (QED) is 0.586. The van der Waals surface area contributed by atoms with Crippen LogP contribution < -0.4 is 10.3 Å². The van der Waals surface area contributed by atoms with Crippen molar-refractivity contribution in [3.05, 3.63) is 61.6 Å². The van der Waals surface area contributed by atoms with E-state index in [0.29, 0.717) is 35.3 Å². The molecule has 2 aromatic carbocycles. The van der Waals surface area contributed by atoms with E-state index in [0.717, 1.165) is 4.47 Å². The first-order valence-corrected chi connectivity index (χ1v) is 9.52. The van der Waals surface area contributed by atoms with Crippen molar-refractivity contribution in [2.45, 2.75) is 20.3 Å². The lowest BCUT2D eigenvalue weighted by molar-refractivity contribution is 0.318. The predicted octanol–water partition coefficient (Wildman–Crippen LogP) is 4.36. The van der Waals surface area contributed by atoms with Gasteiger partial charge in [-0.3, -0.25) is 4.79 Å². The molecule has 6 nitrogen and oxygen atoms in total. The Bertz CT molecular complexity index is 1100. The number of phenolic OH excluding ortho intramolecular Hbond substituents is 1. The van der Waals surface area contributed by atoms with Crippen LogP contribution in [0.1, 0.15) is 25.2 Å². The van der Waals surface area contributed by atoms with Crippen LogP contribution in [-0.4, -0.2) is 27.6 Å². The molecule has 0 bridgehead atoms. The van der Waals surface area contributed by atoms with E-state index in [2.05, 4.69) is 26.0 Å². The second-order valence-electron chi connectivity index (χ2n) is 5.69. The summed E-state index contributed by atoms with van der Waals surface area (Å²) in [6.45, 7) is 4.09. The molecule has 0 unspecified atom stereocenters. The van der Waals surface area contributed by atoms with Crippen LogP contribution in [0.4, 0.5) is 0 Å². The molecule has 0 amide bonds. The van der Waals surface area contributed by atoms with Gasteiger partial charge < -0.3 is 9.84 Å². The van der Waals surface area contributed by atoms with Gasteiger partial charge in [-0.2, -0.15) is 9.78 Å². The van der Waals surface area contributed by atoms with Gasteiger partial charge in [-0.05, 0) is 42.8 Å². The minimum Gasteiger partial charge on any atom is -0.503 e. The van der Waals surface area contributed by atoms with E-state index in [-0.39, 0.29) is 22.1 Å². The Morgan fingerprint density at radius 2 is 2.11 bits per heavy atom. The first kappa shape index (κ1) is 19.4. The summed E-state index contributed by atoms with van der Waals surface area (Å²) < 4.78 is 7.43. The van der Waals surface area contributed by atoms with Crippen molar-refractivity contribution in [1.29, 1.82) is 0 Å². The molecule has 0 spiro atoms. The molecule has 3 rings (SSSR count). The highest BCUT2D eigenvalue weighted by Crippen LogP contribution is 2.34. The van der Waals surface area contributed by atoms with Crippen molar-refractivity contribution in [2.75, 3.05) is 6.61 Å². The fourth-order valence-electron chi connectivity index (χ4n) is 2.60. The maximum absolute atomic E-state index is 12.9. The van der Waals surface area contributed by atoms with E-state index < -0.39 is 0 Å². The maximum Gasteiger partial charge on any atom is 0.282 e. The Labute approximate surface area is 169 Å². The van der Waals surface area contributed by atoms with Gasteiger partial charge in [0.15, 0.2) is 11.5 Å². The van der Waals surface area contributed by atoms with Crippen LogP contribution in [0, 0.1) is 0 Å². The van der Waals surface area contributed by atoms with Crippen molar-refractivity contribution < 1.29 is 9.84 Å². The number of phenols is 1. The fourth-order valence-corrected chi connectivity index (χ4v) is 3.18. The van der Waals surface area contributed by atoms with E-state index >= 15 is 0 Å².